The minimum atomic E-state index is -0.115. The molecule has 2 aromatic carbocycles. The number of nitrogens with one attached hydrogen (secondary N) is 1. The van der Waals surface area contributed by atoms with Crippen molar-refractivity contribution in [3.05, 3.63) is 57.6 Å². The van der Waals surface area contributed by atoms with Crippen LogP contribution in [-0.4, -0.2) is 13.0 Å². The Morgan fingerprint density at radius 3 is 2.71 bits per heavy atom. The van der Waals surface area contributed by atoms with Crippen LogP contribution in [0.5, 0.6) is 5.75 Å². The van der Waals surface area contributed by atoms with Gasteiger partial charge in [0.2, 0.25) is 0 Å². The average Bonchev–Trinajstić information content (AvgIpc) is 2.94. The van der Waals surface area contributed by atoms with Gasteiger partial charge in [-0.3, -0.25) is 4.79 Å². The third-order valence-corrected chi connectivity index (χ3v) is 4.39. The van der Waals surface area contributed by atoms with E-state index in [1.165, 1.54) is 17.5 Å². The predicted octanol–water partition coefficient (Wildman–Crippen LogP) is 4.20. The third kappa shape index (κ3) is 2.95. The van der Waals surface area contributed by atoms with Crippen LogP contribution in [0.2, 0.25) is 0 Å². The van der Waals surface area contributed by atoms with Gasteiger partial charge in [0.05, 0.1) is 11.6 Å². The highest BCUT2D eigenvalue weighted by molar-refractivity contribution is 9.10. The van der Waals surface area contributed by atoms with Gasteiger partial charge in [-0.05, 0) is 76.7 Å². The van der Waals surface area contributed by atoms with Crippen molar-refractivity contribution in [2.24, 2.45) is 0 Å². The molecule has 108 valence electrons. The molecule has 0 heterocycles. The molecule has 1 amide bonds. The first-order chi connectivity index (χ1) is 10.2. The maximum absolute atomic E-state index is 12.3. The zero-order chi connectivity index (χ0) is 14.8. The van der Waals surface area contributed by atoms with Crippen molar-refractivity contribution >= 4 is 27.5 Å². The highest BCUT2D eigenvalue weighted by atomic mass is 79.9. The predicted molar refractivity (Wildman–Crippen MR) is 87.1 cm³/mol. The van der Waals surface area contributed by atoms with Gasteiger partial charge in [0.15, 0.2) is 0 Å². The summed E-state index contributed by atoms with van der Waals surface area (Å²) in [6, 6.07) is 11.5. The summed E-state index contributed by atoms with van der Waals surface area (Å²) in [5.74, 6) is 0.598. The van der Waals surface area contributed by atoms with Crippen LogP contribution in [0.1, 0.15) is 27.9 Å². The van der Waals surface area contributed by atoms with Crippen molar-refractivity contribution in [3.63, 3.8) is 0 Å². The SMILES string of the molecule is COc1ccc(C(=O)Nc2ccc3c(c2)CCC3)cc1Br. The number of benzene rings is 2. The second kappa shape index (κ2) is 5.90. The molecule has 0 atom stereocenters. The zero-order valence-electron chi connectivity index (χ0n) is 11.8. The van der Waals surface area contributed by atoms with Crippen molar-refractivity contribution in [3.8, 4) is 5.75 Å². The van der Waals surface area contributed by atoms with Gasteiger partial charge in [-0.25, -0.2) is 0 Å². The summed E-state index contributed by atoms with van der Waals surface area (Å²) in [5.41, 5.74) is 4.21. The normalized spacial score (nSPS) is 12.9. The van der Waals surface area contributed by atoms with Gasteiger partial charge < -0.3 is 10.1 Å². The molecular formula is C17H16BrNO2. The Balaban J connectivity index is 1.78. The quantitative estimate of drug-likeness (QED) is 0.905. The zero-order valence-corrected chi connectivity index (χ0v) is 13.4. The van der Waals surface area contributed by atoms with Crippen LogP contribution in [0.4, 0.5) is 5.69 Å². The second-order valence-corrected chi connectivity index (χ2v) is 5.99. The van der Waals surface area contributed by atoms with Crippen LogP contribution in [0.3, 0.4) is 0 Å². The molecule has 0 aliphatic heterocycles. The molecule has 1 N–H and O–H groups in total. The summed E-state index contributed by atoms with van der Waals surface area (Å²) in [6.07, 6.45) is 3.46. The topological polar surface area (TPSA) is 38.3 Å². The highest BCUT2D eigenvalue weighted by Crippen LogP contribution is 2.27. The number of anilines is 1. The van der Waals surface area contributed by atoms with E-state index in [0.29, 0.717) is 11.3 Å². The molecule has 0 saturated carbocycles. The molecule has 3 nitrogen and oxygen atoms in total. The van der Waals surface area contributed by atoms with Gasteiger partial charge >= 0.3 is 0 Å². The molecular weight excluding hydrogens is 330 g/mol. The summed E-state index contributed by atoms with van der Waals surface area (Å²) in [7, 11) is 1.60. The summed E-state index contributed by atoms with van der Waals surface area (Å²) in [5, 5.41) is 2.95. The van der Waals surface area contributed by atoms with Crippen LogP contribution in [0.25, 0.3) is 0 Å². The van der Waals surface area contributed by atoms with E-state index in [-0.39, 0.29) is 5.91 Å². The van der Waals surface area contributed by atoms with Crippen LogP contribution in [0.15, 0.2) is 40.9 Å². The third-order valence-electron chi connectivity index (χ3n) is 3.77. The van der Waals surface area contributed by atoms with Crippen molar-refractivity contribution in [1.82, 2.24) is 0 Å². The number of hydrogen-bond donors (Lipinski definition) is 1. The highest BCUT2D eigenvalue weighted by Gasteiger charge is 2.13. The van der Waals surface area contributed by atoms with E-state index in [2.05, 4.69) is 33.4 Å². The van der Waals surface area contributed by atoms with E-state index < -0.39 is 0 Å². The Morgan fingerprint density at radius 2 is 1.95 bits per heavy atom. The van der Waals surface area contributed by atoms with E-state index in [9.17, 15) is 4.79 Å². The molecule has 2 aromatic rings. The Morgan fingerprint density at radius 1 is 1.14 bits per heavy atom. The number of ether oxygens (including phenoxy) is 1. The maximum atomic E-state index is 12.3. The number of carbonyl (C=O) groups is 1. The second-order valence-electron chi connectivity index (χ2n) is 5.14. The molecule has 21 heavy (non-hydrogen) atoms. The molecule has 0 aromatic heterocycles. The van der Waals surface area contributed by atoms with Crippen molar-refractivity contribution in [2.45, 2.75) is 19.3 Å². The first-order valence-corrected chi connectivity index (χ1v) is 7.73. The molecule has 0 radical (unpaired) electrons. The molecule has 0 unspecified atom stereocenters. The molecule has 1 aliphatic carbocycles. The van der Waals surface area contributed by atoms with Crippen LogP contribution < -0.4 is 10.1 Å². The first-order valence-electron chi connectivity index (χ1n) is 6.94. The van der Waals surface area contributed by atoms with E-state index in [0.717, 1.165) is 23.0 Å². The fourth-order valence-electron chi connectivity index (χ4n) is 2.66. The molecule has 3 rings (SSSR count). The molecule has 0 bridgehead atoms. The van der Waals surface area contributed by atoms with Gasteiger partial charge in [-0.2, -0.15) is 0 Å². The smallest absolute Gasteiger partial charge is 0.255 e. The largest absolute Gasteiger partial charge is 0.496 e. The van der Waals surface area contributed by atoms with Gasteiger partial charge in [-0.15, -0.1) is 0 Å². The van der Waals surface area contributed by atoms with Crippen LogP contribution in [0, 0.1) is 0 Å². The van der Waals surface area contributed by atoms with Gasteiger partial charge in [-0.1, -0.05) is 6.07 Å². The summed E-state index contributed by atoms with van der Waals surface area (Å²) in [4.78, 5) is 12.3. The Bertz CT molecular complexity index is 697. The maximum Gasteiger partial charge on any atom is 0.255 e. The Hall–Kier alpha value is -1.81. The standard InChI is InChI=1S/C17H16BrNO2/c1-21-16-8-6-13(10-15(16)18)17(20)19-14-7-5-11-3-2-4-12(11)9-14/h5-10H,2-4H2,1H3,(H,19,20). The molecule has 0 fully saturated rings. The van der Waals surface area contributed by atoms with Gasteiger partial charge in [0.1, 0.15) is 5.75 Å². The van der Waals surface area contributed by atoms with E-state index >= 15 is 0 Å². The fraction of sp³-hybridized carbons (Fsp3) is 0.235. The number of rotatable bonds is 3. The van der Waals surface area contributed by atoms with Crippen LogP contribution >= 0.6 is 15.9 Å². The minimum Gasteiger partial charge on any atom is -0.496 e. The number of amides is 1. The molecule has 0 spiro atoms. The number of hydrogen-bond acceptors (Lipinski definition) is 2. The molecule has 0 saturated heterocycles. The van der Waals surface area contributed by atoms with Crippen LogP contribution in [-0.2, 0) is 12.8 Å². The first kappa shape index (κ1) is 14.1. The summed E-state index contributed by atoms with van der Waals surface area (Å²) >= 11 is 3.40. The Kier molecular flexibility index (Phi) is 3.97. The number of aryl methyl sites for hydroxylation is 2. The number of halogens is 1. The minimum absolute atomic E-state index is 0.115. The summed E-state index contributed by atoms with van der Waals surface area (Å²) in [6.45, 7) is 0. The van der Waals surface area contributed by atoms with E-state index in [1.54, 1.807) is 25.3 Å². The lowest BCUT2D eigenvalue weighted by molar-refractivity contribution is 0.102. The van der Waals surface area contributed by atoms with E-state index in [1.807, 2.05) is 6.07 Å². The monoisotopic (exact) mass is 345 g/mol. The van der Waals surface area contributed by atoms with E-state index in [4.69, 9.17) is 4.74 Å². The average molecular weight is 346 g/mol. The molecule has 4 heteroatoms. The van der Waals surface area contributed by atoms with Gasteiger partial charge in [0.25, 0.3) is 5.91 Å². The van der Waals surface area contributed by atoms with Crippen molar-refractivity contribution in [1.29, 1.82) is 0 Å². The number of methoxy groups -OCH3 is 1. The lowest BCUT2D eigenvalue weighted by Gasteiger charge is -2.09. The lowest BCUT2D eigenvalue weighted by Crippen LogP contribution is -2.12. The fourth-order valence-corrected chi connectivity index (χ4v) is 3.20. The number of carbonyl (C=O) groups excluding carboxylic acids is 1. The van der Waals surface area contributed by atoms with Crippen molar-refractivity contribution in [2.75, 3.05) is 12.4 Å². The Labute approximate surface area is 132 Å². The lowest BCUT2D eigenvalue weighted by atomic mass is 10.1. The molecule has 1 aliphatic rings. The van der Waals surface area contributed by atoms with Gasteiger partial charge in [0, 0.05) is 11.3 Å². The summed E-state index contributed by atoms with van der Waals surface area (Å²) < 4.78 is 5.94. The number of fused-ring (bicyclic) bond motifs is 1. The van der Waals surface area contributed by atoms with Crippen molar-refractivity contribution < 1.29 is 9.53 Å².